The number of piperazine rings is 1. The predicted molar refractivity (Wildman–Crippen MR) is 161 cm³/mol. The van der Waals surface area contributed by atoms with E-state index in [9.17, 15) is 9.18 Å². The van der Waals surface area contributed by atoms with E-state index in [1.54, 1.807) is 40.9 Å². The lowest BCUT2D eigenvalue weighted by atomic mass is 10.1. The van der Waals surface area contributed by atoms with E-state index in [1.165, 1.54) is 12.1 Å². The van der Waals surface area contributed by atoms with Crippen molar-refractivity contribution in [3.8, 4) is 5.75 Å². The summed E-state index contributed by atoms with van der Waals surface area (Å²) in [6, 6.07) is 13.5. The molecule has 0 bridgehead atoms. The molecule has 0 aliphatic carbocycles. The Morgan fingerprint density at radius 3 is 2.59 bits per heavy atom. The largest absolute Gasteiger partial charge is 0.494 e. The Morgan fingerprint density at radius 1 is 1.10 bits per heavy atom. The zero-order valence-corrected chi connectivity index (χ0v) is 24.7. The van der Waals surface area contributed by atoms with Gasteiger partial charge in [-0.15, -0.1) is 12.4 Å². The number of aryl methyl sites for hydroxylation is 1. The number of halogens is 4. The van der Waals surface area contributed by atoms with Crippen molar-refractivity contribution in [1.29, 1.82) is 0 Å². The van der Waals surface area contributed by atoms with E-state index in [1.807, 2.05) is 31.7 Å². The number of carbonyl (C=O) groups excluding carboxylic acids is 1. The summed E-state index contributed by atoms with van der Waals surface area (Å²) in [5.74, 6) is -0.554. The van der Waals surface area contributed by atoms with Gasteiger partial charge in [-0.1, -0.05) is 24.6 Å². The lowest BCUT2D eigenvalue weighted by molar-refractivity contribution is 0.0943. The van der Waals surface area contributed by atoms with E-state index in [0.29, 0.717) is 71.7 Å². The number of nitrogens with zero attached hydrogens (tertiary/aromatic N) is 4. The minimum absolute atomic E-state index is 0. The van der Waals surface area contributed by atoms with E-state index < -0.39 is 5.82 Å². The molecular formula is C30H33Cl2F2N5O2. The molecule has 2 aromatic carbocycles. The van der Waals surface area contributed by atoms with Crippen LogP contribution in [0, 0.1) is 11.6 Å². The second kappa shape index (κ2) is 13.0. The van der Waals surface area contributed by atoms with Crippen molar-refractivity contribution in [1.82, 2.24) is 14.7 Å². The van der Waals surface area contributed by atoms with Crippen LogP contribution in [0.25, 0.3) is 5.65 Å². The Morgan fingerprint density at radius 2 is 1.90 bits per heavy atom. The fourth-order valence-electron chi connectivity index (χ4n) is 5.22. The van der Waals surface area contributed by atoms with Gasteiger partial charge in [0, 0.05) is 55.7 Å². The van der Waals surface area contributed by atoms with Crippen molar-refractivity contribution in [3.63, 3.8) is 0 Å². The number of amides is 1. The monoisotopic (exact) mass is 603 g/mol. The van der Waals surface area contributed by atoms with Crippen LogP contribution < -0.4 is 19.9 Å². The summed E-state index contributed by atoms with van der Waals surface area (Å²) < 4.78 is 37.0. The highest BCUT2D eigenvalue weighted by Gasteiger charge is 2.27. The Kier molecular flexibility index (Phi) is 9.60. The van der Waals surface area contributed by atoms with Gasteiger partial charge in [0.05, 0.1) is 23.0 Å². The first-order valence-electron chi connectivity index (χ1n) is 13.5. The SMILES string of the molecule is CCOc1ccc(N2CCN(c3ccc(CNC(=O)c4c(CC)nc5ccc(Cl)cn45)c(F)c3)C[C@@H]2C)c(F)c1.Cl. The maximum Gasteiger partial charge on any atom is 0.270 e. The Balaban J connectivity index is 0.00000387. The molecule has 5 rings (SSSR count). The quantitative estimate of drug-likeness (QED) is 0.256. The zero-order valence-electron chi connectivity index (χ0n) is 23.2. The molecule has 1 aliphatic rings. The molecule has 1 aliphatic heterocycles. The molecule has 1 saturated heterocycles. The van der Waals surface area contributed by atoms with Crippen molar-refractivity contribution in [2.45, 2.75) is 39.8 Å². The number of pyridine rings is 1. The number of anilines is 2. The highest BCUT2D eigenvalue weighted by Crippen LogP contribution is 2.29. The van der Waals surface area contributed by atoms with Gasteiger partial charge in [0.2, 0.25) is 0 Å². The van der Waals surface area contributed by atoms with Gasteiger partial charge in [0.25, 0.3) is 5.91 Å². The van der Waals surface area contributed by atoms with E-state index in [0.717, 1.165) is 5.69 Å². The number of ether oxygens (including phenoxy) is 1. The molecule has 1 amide bonds. The summed E-state index contributed by atoms with van der Waals surface area (Å²) in [7, 11) is 0. The van der Waals surface area contributed by atoms with Gasteiger partial charge in [-0.25, -0.2) is 13.8 Å². The molecule has 2 aromatic heterocycles. The molecule has 0 saturated carbocycles. The molecule has 218 valence electrons. The number of hydrogen-bond donors (Lipinski definition) is 1. The maximum atomic E-state index is 15.2. The minimum atomic E-state index is -0.401. The summed E-state index contributed by atoms with van der Waals surface area (Å²) in [4.78, 5) is 21.7. The van der Waals surface area contributed by atoms with Crippen LogP contribution in [0.3, 0.4) is 0 Å². The Hall–Kier alpha value is -3.56. The number of aromatic nitrogens is 2. The predicted octanol–water partition coefficient (Wildman–Crippen LogP) is 6.29. The van der Waals surface area contributed by atoms with Crippen molar-refractivity contribution in [2.24, 2.45) is 0 Å². The summed E-state index contributed by atoms with van der Waals surface area (Å²) >= 11 is 6.13. The van der Waals surface area contributed by atoms with Gasteiger partial charge in [-0.3, -0.25) is 9.20 Å². The summed E-state index contributed by atoms with van der Waals surface area (Å²) in [5, 5.41) is 3.32. The van der Waals surface area contributed by atoms with Crippen LogP contribution in [-0.4, -0.2) is 47.6 Å². The molecule has 41 heavy (non-hydrogen) atoms. The maximum absolute atomic E-state index is 15.2. The van der Waals surface area contributed by atoms with Crippen LogP contribution >= 0.6 is 24.0 Å². The Labute approximate surface area is 249 Å². The standard InChI is InChI=1S/C30H32ClF2N5O2.ClH/c1-4-26-29(38-18-21(31)7-11-28(38)35-26)30(39)34-16-20-6-8-22(14-24(20)32)36-12-13-37(19(3)17-36)27-10-9-23(40-5-2)15-25(27)33;/h6-11,14-15,18-19H,4-5,12-13,16-17H2,1-3H3,(H,34,39);1H/t19-;/m0./s1. The molecule has 0 spiro atoms. The molecule has 11 heteroatoms. The molecule has 0 unspecified atom stereocenters. The normalized spacial score (nSPS) is 15.1. The summed E-state index contributed by atoms with van der Waals surface area (Å²) in [6.07, 6.45) is 2.22. The van der Waals surface area contributed by atoms with Crippen molar-refractivity contribution in [2.75, 3.05) is 36.0 Å². The minimum Gasteiger partial charge on any atom is -0.494 e. The lowest BCUT2D eigenvalue weighted by Gasteiger charge is -2.42. The molecule has 1 fully saturated rings. The molecular weight excluding hydrogens is 571 g/mol. The first-order chi connectivity index (χ1) is 19.3. The van der Waals surface area contributed by atoms with Crippen LogP contribution in [0.15, 0.2) is 54.7 Å². The summed E-state index contributed by atoms with van der Waals surface area (Å²) in [5.41, 5.74) is 3.33. The molecule has 4 aromatic rings. The Bertz CT molecular complexity index is 1550. The second-order valence-electron chi connectivity index (χ2n) is 9.83. The van der Waals surface area contributed by atoms with E-state index >= 15 is 4.39 Å². The van der Waals surface area contributed by atoms with Crippen LogP contribution in [0.4, 0.5) is 20.2 Å². The number of hydrogen-bond acceptors (Lipinski definition) is 5. The fraction of sp³-hybridized carbons (Fsp3) is 0.333. The third kappa shape index (κ3) is 6.36. The molecule has 3 heterocycles. The zero-order chi connectivity index (χ0) is 28.4. The van der Waals surface area contributed by atoms with Crippen molar-refractivity contribution >= 4 is 46.9 Å². The number of carbonyl (C=O) groups is 1. The van der Waals surface area contributed by atoms with Gasteiger partial charge < -0.3 is 19.9 Å². The molecule has 0 radical (unpaired) electrons. The highest BCUT2D eigenvalue weighted by atomic mass is 35.5. The lowest BCUT2D eigenvalue weighted by Crippen LogP contribution is -2.52. The summed E-state index contributed by atoms with van der Waals surface area (Å²) in [6.45, 7) is 8.14. The van der Waals surface area contributed by atoms with Gasteiger partial charge in [-0.2, -0.15) is 0 Å². The number of benzene rings is 2. The average Bonchev–Trinajstić information content (AvgIpc) is 3.30. The van der Waals surface area contributed by atoms with E-state index in [4.69, 9.17) is 16.3 Å². The first kappa shape index (κ1) is 30.4. The number of nitrogens with one attached hydrogen (secondary N) is 1. The van der Waals surface area contributed by atoms with Crippen molar-refractivity contribution < 1.29 is 18.3 Å². The van der Waals surface area contributed by atoms with Gasteiger partial charge in [0.1, 0.15) is 28.7 Å². The van der Waals surface area contributed by atoms with Crippen LogP contribution in [0.1, 0.15) is 42.5 Å². The van der Waals surface area contributed by atoms with Gasteiger partial charge in [0.15, 0.2) is 0 Å². The number of fused-ring (bicyclic) bond motifs is 1. The third-order valence-corrected chi connectivity index (χ3v) is 7.44. The molecule has 7 nitrogen and oxygen atoms in total. The molecule has 1 atom stereocenters. The third-order valence-electron chi connectivity index (χ3n) is 7.21. The molecule has 1 N–H and O–H groups in total. The topological polar surface area (TPSA) is 62.1 Å². The van der Waals surface area contributed by atoms with Crippen LogP contribution in [0.2, 0.25) is 5.02 Å². The first-order valence-corrected chi connectivity index (χ1v) is 13.8. The fourth-order valence-corrected chi connectivity index (χ4v) is 5.38. The van der Waals surface area contributed by atoms with Crippen LogP contribution in [-0.2, 0) is 13.0 Å². The van der Waals surface area contributed by atoms with E-state index in [2.05, 4.69) is 15.2 Å². The van der Waals surface area contributed by atoms with Gasteiger partial charge in [-0.05, 0) is 56.7 Å². The average molecular weight is 605 g/mol. The van der Waals surface area contributed by atoms with Gasteiger partial charge >= 0.3 is 0 Å². The highest BCUT2D eigenvalue weighted by molar-refractivity contribution is 6.30. The van der Waals surface area contributed by atoms with Crippen LogP contribution in [0.5, 0.6) is 5.75 Å². The number of rotatable bonds is 8. The van der Waals surface area contributed by atoms with E-state index in [-0.39, 0.29) is 36.7 Å². The van der Waals surface area contributed by atoms with Crippen molar-refractivity contribution in [3.05, 3.63) is 88.3 Å². The smallest absolute Gasteiger partial charge is 0.270 e. The second-order valence-corrected chi connectivity index (χ2v) is 10.3. The number of imidazole rings is 1.